The highest BCUT2D eigenvalue weighted by atomic mass is 15.1. The second-order valence-electron chi connectivity index (χ2n) is 9.64. The van der Waals surface area contributed by atoms with E-state index in [1.165, 1.54) is 65.4 Å². The Labute approximate surface area is 214 Å². The van der Waals surface area contributed by atoms with Crippen LogP contribution in [0.5, 0.6) is 0 Å². The summed E-state index contributed by atoms with van der Waals surface area (Å²) in [7, 11) is 0. The average Bonchev–Trinajstić information content (AvgIpc) is 3.31. The van der Waals surface area contributed by atoms with Crippen LogP contribution in [0.15, 0.2) is 126 Å². The van der Waals surface area contributed by atoms with Crippen LogP contribution in [-0.2, 0) is 0 Å². The van der Waals surface area contributed by atoms with Gasteiger partial charge in [0.1, 0.15) is 6.17 Å². The van der Waals surface area contributed by atoms with Crippen molar-refractivity contribution in [2.75, 3.05) is 0 Å². The lowest BCUT2D eigenvalue weighted by Crippen LogP contribution is -2.16. The van der Waals surface area contributed by atoms with Crippen molar-refractivity contribution < 1.29 is 0 Å². The Morgan fingerprint density at radius 2 is 1.08 bits per heavy atom. The summed E-state index contributed by atoms with van der Waals surface area (Å²) >= 11 is 0. The number of rotatable bonds is 2. The number of benzene rings is 6. The average molecular weight is 474 g/mol. The van der Waals surface area contributed by atoms with Gasteiger partial charge in [0.15, 0.2) is 0 Å². The number of hydrogen-bond acceptors (Lipinski definition) is 2. The van der Waals surface area contributed by atoms with Gasteiger partial charge in [0.05, 0.1) is 16.7 Å². The Kier molecular flexibility index (Phi) is 4.29. The molecule has 0 saturated heterocycles. The molecule has 0 spiro atoms. The molecule has 1 aromatic heterocycles. The highest BCUT2D eigenvalue weighted by Crippen LogP contribution is 2.41. The van der Waals surface area contributed by atoms with E-state index in [4.69, 9.17) is 4.99 Å². The Bertz CT molecular complexity index is 2020. The van der Waals surface area contributed by atoms with Crippen molar-refractivity contribution in [3.63, 3.8) is 0 Å². The largest absolute Gasteiger partial charge is 0.366 e. The number of para-hydroxylation sites is 2. The summed E-state index contributed by atoms with van der Waals surface area (Å²) in [6, 6.07) is 39.7. The summed E-state index contributed by atoms with van der Waals surface area (Å²) in [6.07, 6.45) is 5.69. The normalized spacial score (nSPS) is 15.3. The van der Waals surface area contributed by atoms with Gasteiger partial charge in [0.2, 0.25) is 0 Å². The third-order valence-corrected chi connectivity index (χ3v) is 7.68. The molecule has 0 saturated carbocycles. The predicted octanol–water partition coefficient (Wildman–Crippen LogP) is 8.43. The van der Waals surface area contributed by atoms with Gasteiger partial charge in [-0.25, -0.2) is 0 Å². The summed E-state index contributed by atoms with van der Waals surface area (Å²) in [5.41, 5.74) is 4.84. The third-order valence-electron chi connectivity index (χ3n) is 7.68. The van der Waals surface area contributed by atoms with Crippen LogP contribution in [0, 0.1) is 0 Å². The molecular formula is C34H23N3. The van der Waals surface area contributed by atoms with Crippen molar-refractivity contribution in [3.8, 4) is 5.69 Å². The van der Waals surface area contributed by atoms with Crippen molar-refractivity contribution in [1.82, 2.24) is 9.88 Å². The first-order chi connectivity index (χ1) is 18.4. The fourth-order valence-corrected chi connectivity index (χ4v) is 6.09. The van der Waals surface area contributed by atoms with E-state index in [1.807, 2.05) is 18.5 Å². The van der Waals surface area contributed by atoms with Crippen LogP contribution in [0.2, 0.25) is 0 Å². The Balaban J connectivity index is 1.55. The van der Waals surface area contributed by atoms with Gasteiger partial charge in [-0.15, -0.1) is 0 Å². The second-order valence-corrected chi connectivity index (χ2v) is 9.64. The minimum Gasteiger partial charge on any atom is -0.366 e. The number of allylic oxidation sites excluding steroid dienone is 1. The quantitative estimate of drug-likeness (QED) is 0.251. The zero-order valence-electron chi connectivity index (χ0n) is 20.1. The Morgan fingerprint density at radius 1 is 0.541 bits per heavy atom. The maximum absolute atomic E-state index is 4.74. The summed E-state index contributed by atoms with van der Waals surface area (Å²) in [4.78, 5) is 4.74. The lowest BCUT2D eigenvalue weighted by Gasteiger charge is -2.21. The lowest BCUT2D eigenvalue weighted by molar-refractivity contribution is 0.659. The summed E-state index contributed by atoms with van der Waals surface area (Å²) in [5.74, 6) is 0. The number of nitrogens with zero attached hydrogens (tertiary/aromatic N) is 2. The van der Waals surface area contributed by atoms with Gasteiger partial charge in [-0.3, -0.25) is 4.99 Å². The van der Waals surface area contributed by atoms with E-state index in [0.717, 1.165) is 0 Å². The van der Waals surface area contributed by atoms with Crippen molar-refractivity contribution in [2.24, 2.45) is 4.99 Å². The number of fused-ring (bicyclic) bond motifs is 8. The van der Waals surface area contributed by atoms with Gasteiger partial charge in [-0.2, -0.15) is 0 Å². The second kappa shape index (κ2) is 7.81. The van der Waals surface area contributed by atoms with Crippen molar-refractivity contribution in [2.45, 2.75) is 6.17 Å². The van der Waals surface area contributed by atoms with Crippen LogP contribution < -0.4 is 5.32 Å². The minimum absolute atomic E-state index is 0.102. The first-order valence-corrected chi connectivity index (χ1v) is 12.7. The SMILES string of the molecule is C1=CNC(c2cc3c4ccccc4c(-n4c5ccccc5c5ccccc54)cc3c3ccccc23)N=C1. The molecule has 0 aliphatic carbocycles. The summed E-state index contributed by atoms with van der Waals surface area (Å²) in [5, 5.41) is 13.4. The molecule has 0 radical (unpaired) electrons. The zero-order chi connectivity index (χ0) is 24.3. The highest BCUT2D eigenvalue weighted by Gasteiger charge is 2.19. The molecule has 174 valence electrons. The zero-order valence-corrected chi connectivity index (χ0v) is 20.1. The van der Waals surface area contributed by atoms with E-state index in [0.29, 0.717) is 0 Å². The molecule has 7 aromatic rings. The summed E-state index contributed by atoms with van der Waals surface area (Å²) in [6.45, 7) is 0. The van der Waals surface area contributed by atoms with Crippen LogP contribution in [0.1, 0.15) is 11.7 Å². The number of hydrogen-bond donors (Lipinski definition) is 1. The van der Waals surface area contributed by atoms with E-state index in [2.05, 4.69) is 119 Å². The van der Waals surface area contributed by atoms with E-state index in [-0.39, 0.29) is 6.17 Å². The molecule has 1 unspecified atom stereocenters. The molecule has 0 amide bonds. The maximum atomic E-state index is 4.74. The fourth-order valence-electron chi connectivity index (χ4n) is 6.09. The Morgan fingerprint density at radius 3 is 1.73 bits per heavy atom. The predicted molar refractivity (Wildman–Crippen MR) is 157 cm³/mol. The maximum Gasteiger partial charge on any atom is 0.144 e. The van der Waals surface area contributed by atoms with Crippen molar-refractivity contribution in [3.05, 3.63) is 127 Å². The lowest BCUT2D eigenvalue weighted by atomic mass is 9.91. The molecular weight excluding hydrogens is 450 g/mol. The molecule has 8 rings (SSSR count). The van der Waals surface area contributed by atoms with Crippen LogP contribution >= 0.6 is 0 Å². The van der Waals surface area contributed by atoms with Gasteiger partial charge < -0.3 is 9.88 Å². The molecule has 3 nitrogen and oxygen atoms in total. The number of nitrogens with one attached hydrogen (secondary N) is 1. The van der Waals surface area contributed by atoms with E-state index < -0.39 is 0 Å². The van der Waals surface area contributed by atoms with E-state index in [1.54, 1.807) is 0 Å². The third kappa shape index (κ3) is 2.91. The van der Waals surface area contributed by atoms with Crippen LogP contribution in [0.3, 0.4) is 0 Å². The van der Waals surface area contributed by atoms with Crippen LogP contribution in [0.4, 0.5) is 0 Å². The first-order valence-electron chi connectivity index (χ1n) is 12.7. The smallest absolute Gasteiger partial charge is 0.144 e. The fraction of sp³-hybridized carbons (Fsp3) is 0.0294. The molecule has 37 heavy (non-hydrogen) atoms. The molecule has 1 N–H and O–H groups in total. The molecule has 0 fully saturated rings. The molecule has 2 heterocycles. The van der Waals surface area contributed by atoms with Gasteiger partial charge in [-0.1, -0.05) is 84.9 Å². The van der Waals surface area contributed by atoms with Gasteiger partial charge >= 0.3 is 0 Å². The van der Waals surface area contributed by atoms with Crippen LogP contribution in [0.25, 0.3) is 59.8 Å². The molecule has 1 atom stereocenters. The Hall–Kier alpha value is -4.89. The molecule has 1 aliphatic rings. The van der Waals surface area contributed by atoms with E-state index >= 15 is 0 Å². The van der Waals surface area contributed by atoms with Gasteiger partial charge in [0.25, 0.3) is 0 Å². The van der Waals surface area contributed by atoms with Gasteiger partial charge in [-0.05, 0) is 63.5 Å². The topological polar surface area (TPSA) is 29.3 Å². The molecule has 6 aromatic carbocycles. The van der Waals surface area contributed by atoms with Gasteiger partial charge in [0, 0.05) is 27.9 Å². The number of aromatic nitrogens is 1. The molecule has 1 aliphatic heterocycles. The van der Waals surface area contributed by atoms with Crippen LogP contribution in [-0.4, -0.2) is 10.8 Å². The van der Waals surface area contributed by atoms with Crippen molar-refractivity contribution >= 4 is 60.3 Å². The molecule has 0 bridgehead atoms. The summed E-state index contributed by atoms with van der Waals surface area (Å²) < 4.78 is 2.44. The highest BCUT2D eigenvalue weighted by molar-refractivity contribution is 6.21. The minimum atomic E-state index is -0.102. The first kappa shape index (κ1) is 20.3. The van der Waals surface area contributed by atoms with Crippen molar-refractivity contribution in [1.29, 1.82) is 0 Å². The standard InChI is InChI=1S/C34H23N3/c1-2-11-23-22(10-1)29-21-33(37-31-16-7-5-14-26(31)27-15-6-8-17-32(27)37)25-13-4-3-12-24(25)28(29)20-30(23)34-35-18-9-19-36-34/h1-21,34-35H. The number of aliphatic imine (C=N–C) groups is 1. The van der Waals surface area contributed by atoms with E-state index in [9.17, 15) is 0 Å². The molecule has 3 heteroatoms. The monoisotopic (exact) mass is 473 g/mol.